The van der Waals surface area contributed by atoms with E-state index in [2.05, 4.69) is 20.1 Å². The fourth-order valence-electron chi connectivity index (χ4n) is 1.79. The number of esters is 1. The van der Waals surface area contributed by atoms with Crippen LogP contribution < -0.4 is 5.32 Å². The minimum absolute atomic E-state index is 0.149. The number of Topliss-reactive ketones (excluding diaryl/α,β-unsaturated/α-hetero) is 1. The molecular formula is C12H16N6O4. The summed E-state index contributed by atoms with van der Waals surface area (Å²) < 4.78 is 4.95. The van der Waals surface area contributed by atoms with Crippen molar-refractivity contribution in [2.24, 2.45) is 5.11 Å². The SMILES string of the molecule is CC(C)(C)OC(=O)C(=[N+]=[N-])C(=O)CC[C@H]1NC(=O)[C@@H]1N=[N+]=[N-]. The van der Waals surface area contributed by atoms with E-state index in [9.17, 15) is 14.4 Å². The molecule has 10 heteroatoms. The van der Waals surface area contributed by atoms with Crippen LogP contribution in [0.4, 0.5) is 0 Å². The van der Waals surface area contributed by atoms with Gasteiger partial charge in [0.15, 0.2) is 0 Å². The van der Waals surface area contributed by atoms with E-state index in [-0.39, 0.29) is 12.8 Å². The van der Waals surface area contributed by atoms with Crippen LogP contribution in [-0.2, 0) is 19.1 Å². The van der Waals surface area contributed by atoms with Gasteiger partial charge in [0.1, 0.15) is 11.6 Å². The number of rotatable bonds is 6. The summed E-state index contributed by atoms with van der Waals surface area (Å²) in [4.78, 5) is 40.0. The molecule has 10 nitrogen and oxygen atoms in total. The van der Waals surface area contributed by atoms with Gasteiger partial charge in [-0.2, -0.15) is 4.79 Å². The Bertz CT molecular complexity index is 593. The molecule has 22 heavy (non-hydrogen) atoms. The summed E-state index contributed by atoms with van der Waals surface area (Å²) >= 11 is 0. The third-order valence-electron chi connectivity index (χ3n) is 2.79. The Morgan fingerprint density at radius 3 is 2.45 bits per heavy atom. The van der Waals surface area contributed by atoms with Crippen molar-refractivity contribution in [3.8, 4) is 0 Å². The number of nitrogens with zero attached hydrogens (tertiary/aromatic N) is 5. The van der Waals surface area contributed by atoms with Gasteiger partial charge in [-0.1, -0.05) is 5.11 Å². The monoisotopic (exact) mass is 308 g/mol. The van der Waals surface area contributed by atoms with E-state index >= 15 is 0 Å². The number of amides is 1. The molecule has 118 valence electrons. The molecule has 0 unspecified atom stereocenters. The van der Waals surface area contributed by atoms with Crippen LogP contribution in [0.2, 0.25) is 0 Å². The summed E-state index contributed by atoms with van der Waals surface area (Å²) in [5.74, 6) is -2.17. The molecule has 0 aromatic carbocycles. The zero-order chi connectivity index (χ0) is 16.9. The number of ketones is 1. The summed E-state index contributed by atoms with van der Waals surface area (Å²) in [6, 6.07) is -1.35. The molecule has 0 radical (unpaired) electrons. The lowest BCUT2D eigenvalue weighted by Gasteiger charge is -2.33. The third kappa shape index (κ3) is 4.41. The topological polar surface area (TPSA) is 158 Å². The van der Waals surface area contributed by atoms with Gasteiger partial charge in [-0.15, -0.1) is 0 Å². The van der Waals surface area contributed by atoms with Gasteiger partial charge in [-0.3, -0.25) is 9.59 Å². The van der Waals surface area contributed by atoms with Gasteiger partial charge in [-0.25, -0.2) is 4.79 Å². The second kappa shape index (κ2) is 6.84. The van der Waals surface area contributed by atoms with Crippen molar-refractivity contribution in [3.05, 3.63) is 16.0 Å². The van der Waals surface area contributed by atoms with Crippen molar-refractivity contribution in [1.82, 2.24) is 5.32 Å². The number of hydrogen-bond acceptors (Lipinski definition) is 5. The molecule has 1 aliphatic rings. The zero-order valence-electron chi connectivity index (χ0n) is 12.4. The first kappa shape index (κ1) is 17.4. The zero-order valence-corrected chi connectivity index (χ0v) is 12.4. The Morgan fingerprint density at radius 2 is 2.00 bits per heavy atom. The molecule has 1 rings (SSSR count). The van der Waals surface area contributed by atoms with Crippen molar-refractivity contribution in [1.29, 1.82) is 0 Å². The number of β-lactam (4-membered cyclic amide) rings is 1. The van der Waals surface area contributed by atoms with Crippen LogP contribution in [-0.4, -0.2) is 45.8 Å². The van der Waals surface area contributed by atoms with Gasteiger partial charge in [0, 0.05) is 17.4 Å². The van der Waals surface area contributed by atoms with E-state index < -0.39 is 41.1 Å². The second-order valence-electron chi connectivity index (χ2n) is 5.68. The van der Waals surface area contributed by atoms with E-state index in [0.29, 0.717) is 0 Å². The maximum atomic E-state index is 11.9. The van der Waals surface area contributed by atoms with Crippen LogP contribution in [0.25, 0.3) is 16.0 Å². The predicted molar refractivity (Wildman–Crippen MR) is 73.6 cm³/mol. The lowest BCUT2D eigenvalue weighted by atomic mass is 9.93. The van der Waals surface area contributed by atoms with E-state index in [0.717, 1.165) is 0 Å². The summed E-state index contributed by atoms with van der Waals surface area (Å²) in [5.41, 5.74) is 15.6. The predicted octanol–water partition coefficient (Wildman–Crippen LogP) is 0.526. The van der Waals surface area contributed by atoms with Crippen molar-refractivity contribution in [2.45, 2.75) is 51.3 Å². The van der Waals surface area contributed by atoms with E-state index in [1.165, 1.54) is 0 Å². The highest BCUT2D eigenvalue weighted by molar-refractivity contribution is 6.62. The molecule has 0 aliphatic carbocycles. The Morgan fingerprint density at radius 1 is 1.36 bits per heavy atom. The fourth-order valence-corrected chi connectivity index (χ4v) is 1.79. The summed E-state index contributed by atoms with van der Waals surface area (Å²) in [6.07, 6.45) is -0.0168. The van der Waals surface area contributed by atoms with Crippen molar-refractivity contribution >= 4 is 23.4 Å². The summed E-state index contributed by atoms with van der Waals surface area (Å²) in [5, 5.41) is 5.79. The molecular weight excluding hydrogens is 292 g/mol. The Kier molecular flexibility index (Phi) is 5.39. The van der Waals surface area contributed by atoms with E-state index in [4.69, 9.17) is 15.8 Å². The number of hydrogen-bond donors (Lipinski definition) is 1. The van der Waals surface area contributed by atoms with Crippen molar-refractivity contribution in [3.63, 3.8) is 0 Å². The standard InChI is InChI=1S/C12H16N6O4/c1-12(2,3)22-11(21)9(16-13)7(19)5-4-6-8(17-18-14)10(20)15-6/h6,8H,4-5H2,1-3H3,(H,15,20)/t6-,8-/m1/s1. The summed E-state index contributed by atoms with van der Waals surface area (Å²) in [6.45, 7) is 4.83. The maximum Gasteiger partial charge on any atom is 0.441 e. The quantitative estimate of drug-likeness (QED) is 0.144. The van der Waals surface area contributed by atoms with Crippen LogP contribution in [0.3, 0.4) is 0 Å². The number of carbonyl (C=O) groups is 3. The van der Waals surface area contributed by atoms with Gasteiger partial charge in [-0.05, 0) is 32.7 Å². The molecule has 2 atom stereocenters. The largest absolute Gasteiger partial charge is 0.451 e. The van der Waals surface area contributed by atoms with E-state index in [1.807, 2.05) is 0 Å². The highest BCUT2D eigenvalue weighted by Crippen LogP contribution is 2.16. The normalized spacial score (nSPS) is 19.9. The number of azide groups is 1. The number of nitrogens with one attached hydrogen (secondary N) is 1. The lowest BCUT2D eigenvalue weighted by Crippen LogP contribution is -2.61. The van der Waals surface area contributed by atoms with Crippen LogP contribution in [0.5, 0.6) is 0 Å². The van der Waals surface area contributed by atoms with Crippen LogP contribution >= 0.6 is 0 Å². The second-order valence-corrected chi connectivity index (χ2v) is 5.68. The lowest BCUT2D eigenvalue weighted by molar-refractivity contribution is -0.152. The first-order valence-electron chi connectivity index (χ1n) is 6.52. The Balaban J connectivity index is 2.60. The molecule has 0 spiro atoms. The molecule has 1 N–H and O–H groups in total. The molecule has 1 heterocycles. The average Bonchev–Trinajstić information content (AvgIpc) is 2.39. The molecule has 0 saturated carbocycles. The number of carbonyl (C=O) groups excluding carboxylic acids is 3. The maximum absolute atomic E-state index is 11.9. The van der Waals surface area contributed by atoms with Crippen LogP contribution in [0.15, 0.2) is 5.11 Å². The van der Waals surface area contributed by atoms with Crippen molar-refractivity contribution in [2.75, 3.05) is 0 Å². The van der Waals surface area contributed by atoms with Gasteiger partial charge in [0.05, 0.1) is 0 Å². The first-order valence-corrected chi connectivity index (χ1v) is 6.52. The highest BCUT2D eigenvalue weighted by atomic mass is 16.6. The number of ether oxygens (including phenoxy) is 1. The minimum atomic E-state index is -1.02. The Labute approximate surface area is 126 Å². The van der Waals surface area contributed by atoms with Crippen LogP contribution in [0.1, 0.15) is 33.6 Å². The van der Waals surface area contributed by atoms with Crippen molar-refractivity contribution < 1.29 is 23.9 Å². The fraction of sp³-hybridized carbons (Fsp3) is 0.667. The molecule has 0 aromatic rings. The van der Waals surface area contributed by atoms with Gasteiger partial charge >= 0.3 is 11.7 Å². The Hall–Kier alpha value is -2.70. The van der Waals surface area contributed by atoms with E-state index in [1.54, 1.807) is 20.8 Å². The molecule has 0 aromatic heterocycles. The third-order valence-corrected chi connectivity index (χ3v) is 2.79. The molecule has 1 amide bonds. The first-order chi connectivity index (χ1) is 10.2. The summed E-state index contributed by atoms with van der Waals surface area (Å²) in [7, 11) is 0. The molecule has 0 bridgehead atoms. The molecule has 1 aliphatic heterocycles. The molecule has 1 saturated heterocycles. The van der Waals surface area contributed by atoms with Crippen LogP contribution in [0, 0.1) is 0 Å². The smallest absolute Gasteiger partial charge is 0.441 e. The van der Waals surface area contributed by atoms with Gasteiger partial charge < -0.3 is 15.6 Å². The highest BCUT2D eigenvalue weighted by Gasteiger charge is 2.40. The van der Waals surface area contributed by atoms with Gasteiger partial charge in [0.25, 0.3) is 5.78 Å². The molecule has 1 fully saturated rings. The average molecular weight is 308 g/mol. The van der Waals surface area contributed by atoms with Gasteiger partial charge in [0.2, 0.25) is 5.91 Å². The minimum Gasteiger partial charge on any atom is -0.451 e.